The Kier molecular flexibility index (Phi) is 4.52. The Morgan fingerprint density at radius 3 is 2.73 bits per heavy atom. The maximum atomic E-state index is 10.9. The van der Waals surface area contributed by atoms with Crippen molar-refractivity contribution in [3.8, 4) is 0 Å². The van der Waals surface area contributed by atoms with E-state index >= 15 is 0 Å². The van der Waals surface area contributed by atoms with Crippen LogP contribution in [0, 0.1) is 0 Å². The summed E-state index contributed by atoms with van der Waals surface area (Å²) in [5.41, 5.74) is 5.14. The fourth-order valence-corrected chi connectivity index (χ4v) is 0.716. The Balaban J connectivity index is 3.73. The fourth-order valence-electron chi connectivity index (χ4n) is 0.540. The molecule has 0 bridgehead atoms. The Morgan fingerprint density at radius 1 is 1.82 bits per heavy atom. The van der Waals surface area contributed by atoms with Crippen molar-refractivity contribution in [1.82, 2.24) is 5.32 Å². The quantitative estimate of drug-likeness (QED) is 0.459. The van der Waals surface area contributed by atoms with Gasteiger partial charge in [-0.3, -0.25) is 0 Å². The zero-order valence-corrected chi connectivity index (χ0v) is 7.40. The molecule has 0 radical (unpaired) electrons. The van der Waals surface area contributed by atoms with Gasteiger partial charge in [0, 0.05) is 0 Å². The van der Waals surface area contributed by atoms with Gasteiger partial charge >= 0.3 is 5.97 Å². The SMILES string of the molecule is CCOC(=O)C(C)NC(N)=S. The maximum Gasteiger partial charge on any atom is 0.328 e. The molecule has 4 nitrogen and oxygen atoms in total. The molecular weight excluding hydrogens is 164 g/mol. The van der Waals surface area contributed by atoms with E-state index < -0.39 is 6.04 Å². The van der Waals surface area contributed by atoms with E-state index in [1.54, 1.807) is 13.8 Å². The van der Waals surface area contributed by atoms with Crippen LogP contribution in [0.4, 0.5) is 0 Å². The molecule has 5 heteroatoms. The summed E-state index contributed by atoms with van der Waals surface area (Å²) in [6.07, 6.45) is 0. The van der Waals surface area contributed by atoms with Crippen LogP contribution in [0.1, 0.15) is 13.8 Å². The van der Waals surface area contributed by atoms with Crippen LogP contribution in [-0.4, -0.2) is 23.7 Å². The molecule has 1 atom stereocenters. The number of esters is 1. The number of nitrogens with one attached hydrogen (secondary N) is 1. The molecule has 3 N–H and O–H groups in total. The fraction of sp³-hybridized carbons (Fsp3) is 0.667. The highest BCUT2D eigenvalue weighted by atomic mass is 32.1. The molecule has 0 aromatic carbocycles. The van der Waals surface area contributed by atoms with Crippen molar-refractivity contribution in [2.45, 2.75) is 19.9 Å². The van der Waals surface area contributed by atoms with Crippen molar-refractivity contribution < 1.29 is 9.53 Å². The highest BCUT2D eigenvalue weighted by molar-refractivity contribution is 7.80. The zero-order valence-electron chi connectivity index (χ0n) is 6.59. The number of hydrogen-bond donors (Lipinski definition) is 2. The third-order valence-electron chi connectivity index (χ3n) is 0.999. The first-order chi connectivity index (χ1) is 5.07. The second-order valence-electron chi connectivity index (χ2n) is 1.98. The van der Waals surface area contributed by atoms with Crippen LogP contribution in [0.2, 0.25) is 0 Å². The van der Waals surface area contributed by atoms with Crippen LogP contribution >= 0.6 is 12.2 Å². The molecule has 0 aliphatic heterocycles. The van der Waals surface area contributed by atoms with Crippen LogP contribution in [0.25, 0.3) is 0 Å². The number of hydrogen-bond acceptors (Lipinski definition) is 3. The molecule has 0 rings (SSSR count). The van der Waals surface area contributed by atoms with Crippen molar-refractivity contribution in [2.24, 2.45) is 5.73 Å². The van der Waals surface area contributed by atoms with E-state index in [4.69, 9.17) is 5.73 Å². The van der Waals surface area contributed by atoms with Crippen LogP contribution < -0.4 is 11.1 Å². The normalized spacial score (nSPS) is 11.8. The summed E-state index contributed by atoms with van der Waals surface area (Å²) < 4.78 is 4.69. The second kappa shape index (κ2) is 4.90. The average Bonchev–Trinajstić information content (AvgIpc) is 1.86. The van der Waals surface area contributed by atoms with Crippen LogP contribution in [0.3, 0.4) is 0 Å². The van der Waals surface area contributed by atoms with E-state index in [1.165, 1.54) is 0 Å². The Hall–Kier alpha value is -0.840. The van der Waals surface area contributed by atoms with E-state index in [0.717, 1.165) is 0 Å². The van der Waals surface area contributed by atoms with Crippen LogP contribution in [0.15, 0.2) is 0 Å². The van der Waals surface area contributed by atoms with E-state index in [2.05, 4.69) is 22.3 Å². The lowest BCUT2D eigenvalue weighted by molar-refractivity contribution is -0.144. The van der Waals surface area contributed by atoms with Gasteiger partial charge in [-0.2, -0.15) is 0 Å². The first-order valence-electron chi connectivity index (χ1n) is 3.30. The predicted octanol–water partition coefficient (Wildman–Crippen LogP) is -0.229. The number of rotatable bonds is 3. The Bertz CT molecular complexity index is 161. The Labute approximate surface area is 71.1 Å². The van der Waals surface area contributed by atoms with E-state index in [0.29, 0.717) is 6.61 Å². The number of ether oxygens (including phenoxy) is 1. The van der Waals surface area contributed by atoms with Gasteiger partial charge in [0.25, 0.3) is 0 Å². The van der Waals surface area contributed by atoms with Gasteiger partial charge in [0.15, 0.2) is 5.11 Å². The molecule has 1 unspecified atom stereocenters. The first-order valence-corrected chi connectivity index (χ1v) is 3.71. The molecule has 64 valence electrons. The minimum atomic E-state index is -0.465. The van der Waals surface area contributed by atoms with E-state index in [1.807, 2.05) is 0 Å². The summed E-state index contributed by atoms with van der Waals surface area (Å²) in [6.45, 7) is 3.74. The Morgan fingerprint density at radius 2 is 2.36 bits per heavy atom. The second-order valence-corrected chi connectivity index (χ2v) is 2.42. The van der Waals surface area contributed by atoms with Crippen molar-refractivity contribution in [3.05, 3.63) is 0 Å². The lowest BCUT2D eigenvalue weighted by Gasteiger charge is -2.11. The summed E-state index contributed by atoms with van der Waals surface area (Å²) in [7, 11) is 0. The lowest BCUT2D eigenvalue weighted by atomic mass is 10.3. The topological polar surface area (TPSA) is 64.3 Å². The smallest absolute Gasteiger partial charge is 0.328 e. The molecule has 0 aromatic rings. The highest BCUT2D eigenvalue weighted by Gasteiger charge is 2.12. The molecule has 0 amide bonds. The molecule has 0 aliphatic carbocycles. The molecule has 0 aromatic heterocycles. The summed E-state index contributed by atoms with van der Waals surface area (Å²) in [6, 6.07) is -0.465. The lowest BCUT2D eigenvalue weighted by Crippen LogP contribution is -2.42. The van der Waals surface area contributed by atoms with Gasteiger partial charge < -0.3 is 15.8 Å². The van der Waals surface area contributed by atoms with Crippen LogP contribution in [0.5, 0.6) is 0 Å². The molecule has 0 spiro atoms. The predicted molar refractivity (Wildman–Crippen MR) is 46.0 cm³/mol. The minimum Gasteiger partial charge on any atom is -0.464 e. The third-order valence-corrected chi connectivity index (χ3v) is 1.12. The minimum absolute atomic E-state index is 0.102. The molecule has 0 saturated heterocycles. The zero-order chi connectivity index (χ0) is 8.85. The number of nitrogens with two attached hydrogens (primary N) is 1. The molecule has 0 heterocycles. The monoisotopic (exact) mass is 176 g/mol. The number of carbonyl (C=O) groups is 1. The third kappa shape index (κ3) is 4.55. The summed E-state index contributed by atoms with van der Waals surface area (Å²) in [5, 5.41) is 2.66. The van der Waals surface area contributed by atoms with Crippen molar-refractivity contribution in [1.29, 1.82) is 0 Å². The van der Waals surface area contributed by atoms with Gasteiger partial charge in [-0.05, 0) is 26.1 Å². The number of carbonyl (C=O) groups excluding carboxylic acids is 1. The largest absolute Gasteiger partial charge is 0.464 e. The van der Waals surface area contributed by atoms with Gasteiger partial charge in [-0.15, -0.1) is 0 Å². The van der Waals surface area contributed by atoms with Gasteiger partial charge in [0.1, 0.15) is 6.04 Å². The molecule has 0 aliphatic rings. The summed E-state index contributed by atoms with van der Waals surface area (Å²) in [4.78, 5) is 10.9. The standard InChI is InChI=1S/C6H12N2O2S/c1-3-10-5(9)4(2)8-6(7)11/h4H,3H2,1-2H3,(H3,7,8,11). The van der Waals surface area contributed by atoms with Crippen molar-refractivity contribution in [3.63, 3.8) is 0 Å². The van der Waals surface area contributed by atoms with Crippen molar-refractivity contribution >= 4 is 23.3 Å². The van der Waals surface area contributed by atoms with Gasteiger partial charge in [-0.25, -0.2) is 4.79 Å². The first kappa shape index (κ1) is 10.2. The van der Waals surface area contributed by atoms with E-state index in [9.17, 15) is 4.79 Å². The summed E-state index contributed by atoms with van der Waals surface area (Å²) >= 11 is 4.53. The van der Waals surface area contributed by atoms with Gasteiger partial charge in [0.05, 0.1) is 6.61 Å². The van der Waals surface area contributed by atoms with Gasteiger partial charge in [-0.1, -0.05) is 0 Å². The van der Waals surface area contributed by atoms with Crippen LogP contribution in [-0.2, 0) is 9.53 Å². The molecular formula is C6H12N2O2S. The average molecular weight is 176 g/mol. The number of thiocarbonyl (C=S) groups is 1. The molecule has 11 heavy (non-hydrogen) atoms. The molecule has 0 fully saturated rings. The van der Waals surface area contributed by atoms with Gasteiger partial charge in [0.2, 0.25) is 0 Å². The van der Waals surface area contributed by atoms with Crippen molar-refractivity contribution in [2.75, 3.05) is 6.61 Å². The maximum absolute atomic E-state index is 10.9. The molecule has 0 saturated carbocycles. The highest BCUT2D eigenvalue weighted by Crippen LogP contribution is 1.86. The van der Waals surface area contributed by atoms with E-state index in [-0.39, 0.29) is 11.1 Å². The summed E-state index contributed by atoms with van der Waals surface area (Å²) in [5.74, 6) is -0.347.